The summed E-state index contributed by atoms with van der Waals surface area (Å²) in [5, 5.41) is 0. The fourth-order valence-electron chi connectivity index (χ4n) is 1.33. The van der Waals surface area contributed by atoms with Crippen molar-refractivity contribution in [2.45, 2.75) is 33.7 Å². The largest absolute Gasteiger partial charge is 0.340 e. The van der Waals surface area contributed by atoms with Gasteiger partial charge in [0.1, 0.15) is 0 Å². The minimum atomic E-state index is 0.258. The van der Waals surface area contributed by atoms with Gasteiger partial charge in [0, 0.05) is 19.1 Å². The number of amides is 1. The molecule has 0 radical (unpaired) electrons. The monoisotopic (exact) mass is 186 g/mol. The number of hydrogen-bond acceptors (Lipinski definition) is 2. The van der Waals surface area contributed by atoms with Crippen LogP contribution in [0.1, 0.15) is 27.7 Å². The molecule has 1 aliphatic heterocycles. The molecule has 0 aromatic rings. The second-order valence-electron chi connectivity index (χ2n) is 3.20. The summed E-state index contributed by atoms with van der Waals surface area (Å²) in [6, 6.07) is 0.507. The summed E-state index contributed by atoms with van der Waals surface area (Å²) in [5.41, 5.74) is 0. The maximum atomic E-state index is 11.3. The summed E-state index contributed by atoms with van der Waals surface area (Å²) in [7, 11) is 2.00. The molecule has 1 saturated heterocycles. The average molecular weight is 186 g/mol. The third kappa shape index (κ3) is 3.35. The molecule has 0 spiro atoms. The van der Waals surface area contributed by atoms with E-state index >= 15 is 0 Å². The zero-order valence-corrected chi connectivity index (χ0v) is 9.50. The van der Waals surface area contributed by atoms with Crippen molar-refractivity contribution in [3.05, 3.63) is 0 Å². The van der Waals surface area contributed by atoms with Gasteiger partial charge in [0.2, 0.25) is 5.91 Å². The molecule has 1 fully saturated rings. The van der Waals surface area contributed by atoms with Crippen molar-refractivity contribution in [1.82, 2.24) is 9.80 Å². The Bertz CT molecular complexity index is 159. The van der Waals surface area contributed by atoms with Gasteiger partial charge in [0.05, 0.1) is 6.54 Å². The highest BCUT2D eigenvalue weighted by atomic mass is 16.2. The van der Waals surface area contributed by atoms with Crippen LogP contribution in [-0.4, -0.2) is 48.4 Å². The SMILES string of the molecule is CC.CCN1CC(C)N(C)CC1=O. The zero-order valence-electron chi connectivity index (χ0n) is 9.50. The lowest BCUT2D eigenvalue weighted by atomic mass is 10.2. The van der Waals surface area contributed by atoms with Crippen LogP contribution in [0.3, 0.4) is 0 Å². The fourth-order valence-corrected chi connectivity index (χ4v) is 1.33. The Morgan fingerprint density at radius 1 is 1.46 bits per heavy atom. The van der Waals surface area contributed by atoms with Gasteiger partial charge in [-0.25, -0.2) is 0 Å². The third-order valence-corrected chi connectivity index (χ3v) is 2.36. The minimum Gasteiger partial charge on any atom is -0.340 e. The van der Waals surface area contributed by atoms with Crippen molar-refractivity contribution in [3.63, 3.8) is 0 Å². The molecule has 0 bridgehead atoms. The molecule has 3 nitrogen and oxygen atoms in total. The van der Waals surface area contributed by atoms with E-state index < -0.39 is 0 Å². The molecule has 1 rings (SSSR count). The van der Waals surface area contributed by atoms with Gasteiger partial charge in [-0.2, -0.15) is 0 Å². The molecular formula is C10H22N2O. The van der Waals surface area contributed by atoms with E-state index in [9.17, 15) is 4.79 Å². The predicted octanol–water partition coefficient (Wildman–Crippen LogP) is 1.20. The zero-order chi connectivity index (χ0) is 10.4. The predicted molar refractivity (Wildman–Crippen MR) is 55.7 cm³/mol. The van der Waals surface area contributed by atoms with Crippen molar-refractivity contribution in [2.24, 2.45) is 0 Å². The van der Waals surface area contributed by atoms with Gasteiger partial charge in [0.15, 0.2) is 0 Å². The van der Waals surface area contributed by atoms with E-state index in [0.29, 0.717) is 12.6 Å². The van der Waals surface area contributed by atoms with Gasteiger partial charge < -0.3 is 4.90 Å². The van der Waals surface area contributed by atoms with E-state index in [1.54, 1.807) is 0 Å². The Morgan fingerprint density at radius 2 is 2.00 bits per heavy atom. The molecule has 1 unspecified atom stereocenters. The summed E-state index contributed by atoms with van der Waals surface area (Å²) in [6.07, 6.45) is 0. The topological polar surface area (TPSA) is 23.6 Å². The minimum absolute atomic E-state index is 0.258. The molecule has 0 aromatic heterocycles. The van der Waals surface area contributed by atoms with Crippen molar-refractivity contribution in [1.29, 1.82) is 0 Å². The Morgan fingerprint density at radius 3 is 2.46 bits per heavy atom. The third-order valence-electron chi connectivity index (χ3n) is 2.36. The molecule has 1 aliphatic rings. The number of rotatable bonds is 1. The summed E-state index contributed by atoms with van der Waals surface area (Å²) >= 11 is 0. The van der Waals surface area contributed by atoms with E-state index in [4.69, 9.17) is 0 Å². The first-order valence-corrected chi connectivity index (χ1v) is 5.13. The smallest absolute Gasteiger partial charge is 0.236 e. The Hall–Kier alpha value is -0.570. The van der Waals surface area contributed by atoms with E-state index in [1.807, 2.05) is 32.7 Å². The van der Waals surface area contributed by atoms with Crippen LogP contribution >= 0.6 is 0 Å². The van der Waals surface area contributed by atoms with E-state index in [-0.39, 0.29) is 5.91 Å². The Kier molecular flexibility index (Phi) is 5.71. The molecule has 1 amide bonds. The van der Waals surface area contributed by atoms with Crippen LogP contribution in [0.2, 0.25) is 0 Å². The average Bonchev–Trinajstić information content (AvgIpc) is 2.15. The summed E-state index contributed by atoms with van der Waals surface area (Å²) < 4.78 is 0. The van der Waals surface area contributed by atoms with E-state index in [1.165, 1.54) is 0 Å². The van der Waals surface area contributed by atoms with Crippen LogP contribution in [0.4, 0.5) is 0 Å². The van der Waals surface area contributed by atoms with Crippen molar-refractivity contribution < 1.29 is 4.79 Å². The maximum Gasteiger partial charge on any atom is 0.236 e. The van der Waals surface area contributed by atoms with Crippen molar-refractivity contribution in [3.8, 4) is 0 Å². The van der Waals surface area contributed by atoms with E-state index in [2.05, 4.69) is 11.8 Å². The molecule has 0 aliphatic carbocycles. The van der Waals surface area contributed by atoms with Crippen LogP contribution in [0.5, 0.6) is 0 Å². The number of carbonyl (C=O) groups is 1. The standard InChI is InChI=1S/C8H16N2O.C2H6/c1-4-10-5-7(2)9(3)6-8(10)11;1-2/h7H,4-6H2,1-3H3;1-2H3. The number of nitrogens with zero attached hydrogens (tertiary/aromatic N) is 2. The number of hydrogen-bond donors (Lipinski definition) is 0. The van der Waals surface area contributed by atoms with Gasteiger partial charge in [-0.3, -0.25) is 9.69 Å². The highest BCUT2D eigenvalue weighted by molar-refractivity contribution is 5.79. The second kappa shape index (κ2) is 5.97. The van der Waals surface area contributed by atoms with Crippen LogP contribution in [0, 0.1) is 0 Å². The Balaban J connectivity index is 0.000000671. The van der Waals surface area contributed by atoms with Crippen LogP contribution in [0.15, 0.2) is 0 Å². The first-order valence-electron chi connectivity index (χ1n) is 5.13. The molecule has 0 aromatic carbocycles. The maximum absolute atomic E-state index is 11.3. The number of likely N-dealkylation sites (N-methyl/N-ethyl adjacent to an activating group) is 2. The van der Waals surface area contributed by atoms with Crippen molar-refractivity contribution in [2.75, 3.05) is 26.7 Å². The number of carbonyl (C=O) groups excluding carboxylic acids is 1. The molecule has 1 heterocycles. The summed E-state index contributed by atoms with van der Waals surface area (Å²) in [4.78, 5) is 15.3. The first-order chi connectivity index (χ1) is 6.15. The lowest BCUT2D eigenvalue weighted by Crippen LogP contribution is -2.53. The van der Waals surface area contributed by atoms with E-state index in [0.717, 1.165) is 13.1 Å². The molecular weight excluding hydrogens is 164 g/mol. The highest BCUT2D eigenvalue weighted by Gasteiger charge is 2.25. The van der Waals surface area contributed by atoms with Gasteiger partial charge in [-0.15, -0.1) is 0 Å². The van der Waals surface area contributed by atoms with Gasteiger partial charge in [-0.1, -0.05) is 13.8 Å². The highest BCUT2D eigenvalue weighted by Crippen LogP contribution is 2.06. The van der Waals surface area contributed by atoms with Gasteiger partial charge in [-0.05, 0) is 20.9 Å². The van der Waals surface area contributed by atoms with Crippen LogP contribution in [0.25, 0.3) is 0 Å². The Labute approximate surface area is 81.7 Å². The number of piperazine rings is 1. The lowest BCUT2D eigenvalue weighted by Gasteiger charge is -2.36. The lowest BCUT2D eigenvalue weighted by molar-refractivity contribution is -0.137. The molecule has 78 valence electrons. The molecule has 0 N–H and O–H groups in total. The summed E-state index contributed by atoms with van der Waals surface area (Å²) in [6.45, 7) is 10.5. The van der Waals surface area contributed by atoms with Crippen LogP contribution < -0.4 is 0 Å². The summed E-state index contributed by atoms with van der Waals surface area (Å²) in [5.74, 6) is 0.258. The van der Waals surface area contributed by atoms with Crippen molar-refractivity contribution >= 4 is 5.91 Å². The first kappa shape index (κ1) is 12.4. The molecule has 1 atom stereocenters. The molecule has 13 heavy (non-hydrogen) atoms. The molecule has 3 heteroatoms. The van der Waals surface area contributed by atoms with Gasteiger partial charge in [0.25, 0.3) is 0 Å². The second-order valence-corrected chi connectivity index (χ2v) is 3.20. The van der Waals surface area contributed by atoms with Crippen LogP contribution in [-0.2, 0) is 4.79 Å². The van der Waals surface area contributed by atoms with Gasteiger partial charge >= 0.3 is 0 Å². The molecule has 0 saturated carbocycles. The normalized spacial score (nSPS) is 23.9. The fraction of sp³-hybridized carbons (Fsp3) is 0.900. The quantitative estimate of drug-likeness (QED) is 0.614.